The zero-order valence-electron chi connectivity index (χ0n) is 9.51. The molecular weight excluding hydrogens is 279 g/mol. The van der Waals surface area contributed by atoms with Crippen LogP contribution in [0.25, 0.3) is 0 Å². The van der Waals surface area contributed by atoms with Crippen molar-refractivity contribution in [2.75, 3.05) is 5.32 Å². The first-order valence-corrected chi connectivity index (χ1v) is 5.70. The molecule has 0 unspecified atom stereocenters. The summed E-state index contributed by atoms with van der Waals surface area (Å²) in [7, 11) is 1.70. The molecule has 0 spiro atoms. The topological polar surface area (TPSA) is 72.9 Å². The van der Waals surface area contributed by atoms with Crippen molar-refractivity contribution in [3.05, 3.63) is 33.9 Å². The van der Waals surface area contributed by atoms with Crippen LogP contribution in [0, 0.1) is 5.13 Å². The predicted molar refractivity (Wildman–Crippen MR) is 70.6 cm³/mol. The lowest BCUT2D eigenvalue weighted by molar-refractivity contribution is 0.0995. The van der Waals surface area contributed by atoms with E-state index in [1.165, 1.54) is 10.7 Å². The Morgan fingerprint density at radius 2 is 2.33 bits per heavy atom. The van der Waals surface area contributed by atoms with Gasteiger partial charge in [-0.25, -0.2) is 0 Å². The van der Waals surface area contributed by atoms with Crippen LogP contribution in [0.5, 0.6) is 0 Å². The van der Waals surface area contributed by atoms with Gasteiger partial charge in [0.2, 0.25) is 0 Å². The number of hydrogen-bond acceptors (Lipinski definition) is 4. The largest absolute Gasteiger partial charge is 0.365 e. The highest BCUT2D eigenvalue weighted by Crippen LogP contribution is 2.16. The molecule has 0 radical (unpaired) electrons. The highest BCUT2D eigenvalue weighted by atomic mass is 35.5. The van der Waals surface area contributed by atoms with E-state index in [-0.39, 0.29) is 23.2 Å². The first-order valence-electron chi connectivity index (χ1n) is 4.88. The third kappa shape index (κ3) is 3.21. The second-order valence-corrected chi connectivity index (χ2v) is 4.58. The molecule has 3 N–H and O–H groups in total. The van der Waals surface area contributed by atoms with Gasteiger partial charge in [0.15, 0.2) is 10.8 Å². The molecule has 0 fully saturated rings. The number of nitrogens with one attached hydrogen (secondary N) is 1. The van der Waals surface area contributed by atoms with Crippen LogP contribution in [-0.4, -0.2) is 15.7 Å². The van der Waals surface area contributed by atoms with Crippen LogP contribution < -0.4 is 11.1 Å². The second-order valence-electron chi connectivity index (χ2n) is 3.46. The number of primary amides is 1. The number of amides is 1. The van der Waals surface area contributed by atoms with Crippen molar-refractivity contribution < 1.29 is 9.18 Å². The van der Waals surface area contributed by atoms with Crippen LogP contribution in [0.15, 0.2) is 18.2 Å². The number of nitrogens with two attached hydrogens (primary N) is 1. The van der Waals surface area contributed by atoms with Gasteiger partial charge in [-0.3, -0.25) is 9.48 Å². The maximum absolute atomic E-state index is 12.8. The van der Waals surface area contributed by atoms with Gasteiger partial charge in [0.25, 0.3) is 5.91 Å². The Balaban J connectivity index is 0.00000162. The highest BCUT2D eigenvalue weighted by molar-refractivity contribution is 7.10. The van der Waals surface area contributed by atoms with Gasteiger partial charge >= 0.3 is 0 Å². The Labute approximate surface area is 113 Å². The molecule has 98 valence electrons. The van der Waals surface area contributed by atoms with Crippen molar-refractivity contribution in [2.24, 2.45) is 12.8 Å². The number of aromatic nitrogens is 2. The Morgan fingerprint density at radius 3 is 2.83 bits per heavy atom. The summed E-state index contributed by atoms with van der Waals surface area (Å²) in [5.74, 6) is 0.0865. The zero-order valence-corrected chi connectivity index (χ0v) is 11.1. The predicted octanol–water partition coefficient (Wildman–Crippen LogP) is 1.75. The number of aryl methyl sites for hydroxylation is 1. The van der Waals surface area contributed by atoms with E-state index in [1.54, 1.807) is 19.2 Å². The standard InChI is InChI=1S/C10H11FN4OS.ClH/c1-15-9(4-7(14-15)10(12)16)13-5-6-2-3-8(11)17-6;/h2-4,13H,5H2,1H3,(H2,12,16);1H. The maximum atomic E-state index is 12.8. The van der Waals surface area contributed by atoms with Crippen LogP contribution in [-0.2, 0) is 13.6 Å². The van der Waals surface area contributed by atoms with Gasteiger partial charge in [-0.15, -0.1) is 23.7 Å². The van der Waals surface area contributed by atoms with Crippen LogP contribution in [0.4, 0.5) is 10.2 Å². The molecule has 8 heteroatoms. The van der Waals surface area contributed by atoms with E-state index in [9.17, 15) is 9.18 Å². The monoisotopic (exact) mass is 290 g/mol. The van der Waals surface area contributed by atoms with Crippen molar-refractivity contribution in [1.82, 2.24) is 9.78 Å². The number of thiophene rings is 1. The molecule has 0 aromatic carbocycles. The molecule has 2 aromatic rings. The molecule has 2 heterocycles. The zero-order chi connectivity index (χ0) is 12.4. The van der Waals surface area contributed by atoms with Crippen molar-refractivity contribution in [3.8, 4) is 0 Å². The first-order chi connectivity index (χ1) is 8.06. The summed E-state index contributed by atoms with van der Waals surface area (Å²) in [6.07, 6.45) is 0. The number of anilines is 1. The van der Waals surface area contributed by atoms with Gasteiger partial charge in [0, 0.05) is 18.0 Å². The van der Waals surface area contributed by atoms with Crippen molar-refractivity contribution in [1.29, 1.82) is 0 Å². The van der Waals surface area contributed by atoms with E-state index >= 15 is 0 Å². The molecule has 0 aliphatic rings. The van der Waals surface area contributed by atoms with Gasteiger partial charge < -0.3 is 11.1 Å². The van der Waals surface area contributed by atoms with Crippen LogP contribution in [0.2, 0.25) is 0 Å². The average molecular weight is 291 g/mol. The number of hydrogen-bond donors (Lipinski definition) is 2. The fraction of sp³-hybridized carbons (Fsp3) is 0.200. The fourth-order valence-electron chi connectivity index (χ4n) is 1.38. The van der Waals surface area contributed by atoms with Crippen LogP contribution >= 0.6 is 23.7 Å². The van der Waals surface area contributed by atoms with E-state index in [4.69, 9.17) is 5.73 Å². The Hall–Kier alpha value is -1.60. The molecule has 0 saturated heterocycles. The van der Waals surface area contributed by atoms with Crippen molar-refractivity contribution in [3.63, 3.8) is 0 Å². The third-order valence-electron chi connectivity index (χ3n) is 2.20. The molecule has 0 atom stereocenters. The minimum absolute atomic E-state index is 0. The molecule has 0 aliphatic carbocycles. The Bertz CT molecular complexity index is 554. The lowest BCUT2D eigenvalue weighted by Crippen LogP contribution is -2.11. The Kier molecular flexibility index (Phi) is 4.69. The molecule has 0 bridgehead atoms. The number of rotatable bonds is 4. The van der Waals surface area contributed by atoms with Gasteiger partial charge in [0.1, 0.15) is 5.82 Å². The number of carbonyl (C=O) groups is 1. The first kappa shape index (κ1) is 14.5. The number of carbonyl (C=O) groups excluding carboxylic acids is 1. The minimum atomic E-state index is -0.573. The summed E-state index contributed by atoms with van der Waals surface area (Å²) in [5, 5.41) is 6.77. The van der Waals surface area contributed by atoms with Gasteiger partial charge in [-0.2, -0.15) is 9.49 Å². The van der Waals surface area contributed by atoms with Crippen LogP contribution in [0.1, 0.15) is 15.4 Å². The smallest absolute Gasteiger partial charge is 0.269 e. The molecule has 1 amide bonds. The minimum Gasteiger partial charge on any atom is -0.365 e. The summed E-state index contributed by atoms with van der Waals surface area (Å²) in [4.78, 5) is 11.8. The highest BCUT2D eigenvalue weighted by Gasteiger charge is 2.09. The summed E-state index contributed by atoms with van der Waals surface area (Å²) >= 11 is 1.08. The van der Waals surface area contributed by atoms with Crippen molar-refractivity contribution in [2.45, 2.75) is 6.54 Å². The van der Waals surface area contributed by atoms with Gasteiger partial charge in [-0.05, 0) is 12.1 Å². The summed E-state index contributed by atoms with van der Waals surface area (Å²) < 4.78 is 14.3. The van der Waals surface area contributed by atoms with E-state index in [1.807, 2.05) is 0 Å². The van der Waals surface area contributed by atoms with Gasteiger partial charge in [-0.1, -0.05) is 0 Å². The molecule has 2 aromatic heterocycles. The van der Waals surface area contributed by atoms with Crippen molar-refractivity contribution >= 4 is 35.5 Å². The van der Waals surface area contributed by atoms with E-state index < -0.39 is 5.91 Å². The Morgan fingerprint density at radius 1 is 1.61 bits per heavy atom. The molecule has 5 nitrogen and oxygen atoms in total. The van der Waals surface area contributed by atoms with Gasteiger partial charge in [0.05, 0.1) is 6.54 Å². The lowest BCUT2D eigenvalue weighted by atomic mass is 10.4. The lowest BCUT2D eigenvalue weighted by Gasteiger charge is -2.03. The molecular formula is C10H12ClFN4OS. The third-order valence-corrected chi connectivity index (χ3v) is 3.08. The summed E-state index contributed by atoms with van der Waals surface area (Å²) in [5.41, 5.74) is 5.32. The summed E-state index contributed by atoms with van der Waals surface area (Å²) in [6.45, 7) is 0.478. The number of nitrogens with zero attached hydrogens (tertiary/aromatic N) is 2. The molecule has 18 heavy (non-hydrogen) atoms. The molecule has 0 aliphatic heterocycles. The second kappa shape index (κ2) is 5.83. The van der Waals surface area contributed by atoms with Crippen LogP contribution in [0.3, 0.4) is 0 Å². The quantitative estimate of drug-likeness (QED) is 0.901. The molecule has 2 rings (SSSR count). The summed E-state index contributed by atoms with van der Waals surface area (Å²) in [6, 6.07) is 4.68. The van der Waals surface area contributed by atoms with E-state index in [0.29, 0.717) is 12.4 Å². The average Bonchev–Trinajstić information content (AvgIpc) is 2.82. The normalized spacial score (nSPS) is 9.89. The van der Waals surface area contributed by atoms with E-state index in [0.717, 1.165) is 16.2 Å². The maximum Gasteiger partial charge on any atom is 0.269 e. The number of halogens is 2. The van der Waals surface area contributed by atoms with E-state index in [2.05, 4.69) is 10.4 Å². The SMILES string of the molecule is Cl.Cn1nc(C(N)=O)cc1NCc1ccc(F)s1. The molecule has 0 saturated carbocycles. The fourth-order valence-corrected chi connectivity index (χ4v) is 2.04.